The largest absolute Gasteiger partial charge is 0.352 e. The van der Waals surface area contributed by atoms with Crippen LogP contribution in [-0.4, -0.2) is 21.5 Å². The van der Waals surface area contributed by atoms with E-state index >= 15 is 0 Å². The summed E-state index contributed by atoms with van der Waals surface area (Å²) in [5.74, 6) is -0.133. The zero-order valence-electron chi connectivity index (χ0n) is 13.9. The standard InChI is InChI=1S/C18H25N3O2/c1-3-4-5-6-9-14(2)20-17(22)13-21-16-11-8-7-10-15(16)19-12-18(21)23/h7-8,10-12,14H,3-6,9,13H2,1-2H3,(H,20,22). The molecule has 0 saturated heterocycles. The van der Waals surface area contributed by atoms with Gasteiger partial charge in [-0.1, -0.05) is 44.7 Å². The normalized spacial score (nSPS) is 12.3. The monoisotopic (exact) mass is 315 g/mol. The molecule has 0 saturated carbocycles. The van der Waals surface area contributed by atoms with Gasteiger partial charge in [0.2, 0.25) is 5.91 Å². The van der Waals surface area contributed by atoms with Crippen molar-refractivity contribution in [2.24, 2.45) is 0 Å². The minimum atomic E-state index is -0.255. The Kier molecular flexibility index (Phi) is 6.32. The lowest BCUT2D eigenvalue weighted by atomic mass is 10.1. The van der Waals surface area contributed by atoms with E-state index in [1.807, 2.05) is 31.2 Å². The number of hydrogen-bond acceptors (Lipinski definition) is 3. The predicted molar refractivity (Wildman–Crippen MR) is 92.4 cm³/mol. The molecule has 5 heteroatoms. The Morgan fingerprint density at radius 2 is 2.04 bits per heavy atom. The first kappa shape index (κ1) is 17.2. The van der Waals surface area contributed by atoms with E-state index in [1.165, 1.54) is 30.0 Å². The molecule has 1 unspecified atom stereocenters. The Balaban J connectivity index is 1.98. The van der Waals surface area contributed by atoms with Crippen molar-refractivity contribution in [1.29, 1.82) is 0 Å². The van der Waals surface area contributed by atoms with Crippen LogP contribution in [0.4, 0.5) is 0 Å². The van der Waals surface area contributed by atoms with E-state index in [1.54, 1.807) is 0 Å². The molecule has 2 rings (SSSR count). The summed E-state index contributed by atoms with van der Waals surface area (Å²) < 4.78 is 1.47. The van der Waals surface area contributed by atoms with Crippen LogP contribution in [0.25, 0.3) is 11.0 Å². The molecule has 1 aromatic heterocycles. The Labute approximate surface area is 136 Å². The van der Waals surface area contributed by atoms with Crippen molar-refractivity contribution in [3.8, 4) is 0 Å². The van der Waals surface area contributed by atoms with E-state index in [0.717, 1.165) is 12.8 Å². The van der Waals surface area contributed by atoms with Gasteiger partial charge in [-0.2, -0.15) is 0 Å². The SMILES string of the molecule is CCCCCCC(C)NC(=O)Cn1c(=O)cnc2ccccc21. The molecule has 0 fully saturated rings. The molecule has 23 heavy (non-hydrogen) atoms. The van der Waals surface area contributed by atoms with Gasteiger partial charge < -0.3 is 5.32 Å². The lowest BCUT2D eigenvalue weighted by Gasteiger charge is -2.15. The lowest BCUT2D eigenvalue weighted by Crippen LogP contribution is -2.37. The summed E-state index contributed by atoms with van der Waals surface area (Å²) in [6.07, 6.45) is 7.00. The van der Waals surface area contributed by atoms with E-state index < -0.39 is 0 Å². The average Bonchev–Trinajstić information content (AvgIpc) is 2.54. The molecular weight excluding hydrogens is 290 g/mol. The maximum Gasteiger partial charge on any atom is 0.269 e. The Hall–Kier alpha value is -2.17. The summed E-state index contributed by atoms with van der Waals surface area (Å²) in [6, 6.07) is 7.48. The third-order valence-electron chi connectivity index (χ3n) is 3.95. The summed E-state index contributed by atoms with van der Waals surface area (Å²) in [7, 11) is 0. The van der Waals surface area contributed by atoms with Gasteiger partial charge in [-0.05, 0) is 25.5 Å². The highest BCUT2D eigenvalue weighted by Crippen LogP contribution is 2.08. The van der Waals surface area contributed by atoms with Crippen LogP contribution in [0.15, 0.2) is 35.3 Å². The summed E-state index contributed by atoms with van der Waals surface area (Å²) in [4.78, 5) is 28.3. The number of rotatable bonds is 8. The van der Waals surface area contributed by atoms with Crippen LogP contribution in [0.5, 0.6) is 0 Å². The van der Waals surface area contributed by atoms with Crippen LogP contribution in [0.3, 0.4) is 0 Å². The van der Waals surface area contributed by atoms with Gasteiger partial charge >= 0.3 is 0 Å². The molecular formula is C18H25N3O2. The Bertz CT molecular complexity index is 709. The highest BCUT2D eigenvalue weighted by Gasteiger charge is 2.11. The van der Waals surface area contributed by atoms with Crippen LogP contribution in [0, 0.1) is 0 Å². The number of fused-ring (bicyclic) bond motifs is 1. The number of amides is 1. The van der Waals surface area contributed by atoms with Crippen molar-refractivity contribution in [2.45, 2.75) is 58.5 Å². The first-order valence-electron chi connectivity index (χ1n) is 8.35. The maximum absolute atomic E-state index is 12.2. The molecule has 0 radical (unpaired) electrons. The molecule has 1 atom stereocenters. The van der Waals surface area contributed by atoms with Crippen LogP contribution >= 0.6 is 0 Å². The van der Waals surface area contributed by atoms with Gasteiger partial charge in [0.25, 0.3) is 5.56 Å². The smallest absolute Gasteiger partial charge is 0.269 e. The molecule has 1 N–H and O–H groups in total. The summed E-state index contributed by atoms with van der Waals surface area (Å²) >= 11 is 0. The second-order valence-electron chi connectivity index (χ2n) is 5.99. The fourth-order valence-electron chi connectivity index (χ4n) is 2.69. The molecule has 1 aromatic carbocycles. The van der Waals surface area contributed by atoms with Gasteiger partial charge in [-0.15, -0.1) is 0 Å². The van der Waals surface area contributed by atoms with Crippen LogP contribution < -0.4 is 10.9 Å². The van der Waals surface area contributed by atoms with Crippen LogP contribution in [-0.2, 0) is 11.3 Å². The Morgan fingerprint density at radius 3 is 2.83 bits per heavy atom. The molecule has 5 nitrogen and oxygen atoms in total. The van der Waals surface area contributed by atoms with Crippen LogP contribution in [0.2, 0.25) is 0 Å². The van der Waals surface area contributed by atoms with Gasteiger partial charge in [0.1, 0.15) is 6.54 Å². The molecule has 1 amide bonds. The average molecular weight is 315 g/mol. The molecule has 124 valence electrons. The van der Waals surface area contributed by atoms with Gasteiger partial charge in [-0.3, -0.25) is 14.2 Å². The minimum absolute atomic E-state index is 0.0289. The lowest BCUT2D eigenvalue weighted by molar-refractivity contribution is -0.122. The molecule has 1 heterocycles. The summed E-state index contributed by atoms with van der Waals surface area (Å²) in [5.41, 5.74) is 1.15. The third kappa shape index (κ3) is 4.91. The van der Waals surface area contributed by atoms with Crippen LogP contribution in [0.1, 0.15) is 46.0 Å². The molecule has 0 aliphatic rings. The van der Waals surface area contributed by atoms with E-state index in [9.17, 15) is 9.59 Å². The molecule has 0 aliphatic heterocycles. The number of aromatic nitrogens is 2. The number of nitrogens with zero attached hydrogens (tertiary/aromatic N) is 2. The maximum atomic E-state index is 12.2. The first-order valence-corrected chi connectivity index (χ1v) is 8.35. The number of carbonyl (C=O) groups excluding carboxylic acids is 1. The van der Waals surface area contributed by atoms with Crippen molar-refractivity contribution in [3.05, 3.63) is 40.8 Å². The second-order valence-corrected chi connectivity index (χ2v) is 5.99. The van der Waals surface area contributed by atoms with Crippen molar-refractivity contribution in [2.75, 3.05) is 0 Å². The third-order valence-corrected chi connectivity index (χ3v) is 3.95. The number of nitrogens with one attached hydrogen (secondary N) is 1. The van der Waals surface area contributed by atoms with Gasteiger partial charge in [0, 0.05) is 6.04 Å². The highest BCUT2D eigenvalue weighted by atomic mass is 16.2. The zero-order chi connectivity index (χ0) is 16.7. The van der Waals surface area contributed by atoms with Gasteiger partial charge in [0.05, 0.1) is 17.2 Å². The number of hydrogen-bond donors (Lipinski definition) is 1. The van der Waals surface area contributed by atoms with E-state index in [4.69, 9.17) is 0 Å². The summed E-state index contributed by atoms with van der Waals surface area (Å²) in [6.45, 7) is 4.22. The second kappa shape index (κ2) is 8.46. The van der Waals surface area contributed by atoms with Gasteiger partial charge in [0.15, 0.2) is 0 Å². The van der Waals surface area contributed by atoms with Crippen molar-refractivity contribution >= 4 is 16.9 Å². The molecule has 0 bridgehead atoms. The molecule has 0 aliphatic carbocycles. The highest BCUT2D eigenvalue weighted by molar-refractivity contribution is 5.80. The fourth-order valence-corrected chi connectivity index (χ4v) is 2.69. The quantitative estimate of drug-likeness (QED) is 0.762. The number of unbranched alkanes of at least 4 members (excludes halogenated alkanes) is 3. The first-order chi connectivity index (χ1) is 11.1. The fraction of sp³-hybridized carbons (Fsp3) is 0.500. The Morgan fingerprint density at radius 1 is 1.26 bits per heavy atom. The van der Waals surface area contributed by atoms with Gasteiger partial charge in [-0.25, -0.2) is 4.98 Å². The number of carbonyl (C=O) groups is 1. The summed E-state index contributed by atoms with van der Waals surface area (Å²) in [5, 5.41) is 2.98. The topological polar surface area (TPSA) is 64.0 Å². The van der Waals surface area contributed by atoms with E-state index in [-0.39, 0.29) is 24.1 Å². The number of para-hydroxylation sites is 2. The minimum Gasteiger partial charge on any atom is -0.352 e. The number of benzene rings is 1. The predicted octanol–water partition coefficient (Wildman–Crippen LogP) is 2.87. The van der Waals surface area contributed by atoms with E-state index in [0.29, 0.717) is 11.0 Å². The molecule has 0 spiro atoms. The zero-order valence-corrected chi connectivity index (χ0v) is 13.9. The van der Waals surface area contributed by atoms with Crippen molar-refractivity contribution in [3.63, 3.8) is 0 Å². The van der Waals surface area contributed by atoms with Crippen molar-refractivity contribution < 1.29 is 4.79 Å². The molecule has 2 aromatic rings. The van der Waals surface area contributed by atoms with E-state index in [2.05, 4.69) is 17.2 Å². The van der Waals surface area contributed by atoms with Crippen molar-refractivity contribution in [1.82, 2.24) is 14.9 Å².